The maximum absolute atomic E-state index is 4.67. The molecule has 5 heterocycles. The zero-order valence-corrected chi connectivity index (χ0v) is 22.1. The molecule has 0 radical (unpaired) electrons. The monoisotopic (exact) mass is 678 g/mol. The molecular formula is C23H21Cl3N6Os-. The Kier molecular flexibility index (Phi) is 18.3. The van der Waals surface area contributed by atoms with E-state index >= 15 is 0 Å². The zero-order valence-electron chi connectivity index (χ0n) is 17.2. The van der Waals surface area contributed by atoms with Crippen LogP contribution in [-0.2, 0) is 17.6 Å². The molecule has 0 aliphatic heterocycles. The van der Waals surface area contributed by atoms with Crippen molar-refractivity contribution in [1.29, 1.82) is 0 Å². The van der Waals surface area contributed by atoms with Gasteiger partial charge in [-0.1, -0.05) is 24.3 Å². The third-order valence-corrected chi connectivity index (χ3v) is 3.55. The fraction of sp³-hybridized carbons (Fsp3) is 0. The largest absolute Gasteiger partial charge is 0.467 e. The molecule has 6 nitrogen and oxygen atoms in total. The van der Waals surface area contributed by atoms with Crippen molar-refractivity contribution in [3.63, 3.8) is 0 Å². The molecule has 0 aromatic carbocycles. The summed E-state index contributed by atoms with van der Waals surface area (Å²) >= 11 is 1.33. The summed E-state index contributed by atoms with van der Waals surface area (Å²) < 4.78 is 0. The molecule has 0 aliphatic rings. The van der Waals surface area contributed by atoms with Gasteiger partial charge in [0.1, 0.15) is 0 Å². The Bertz CT molecular complexity index is 876. The van der Waals surface area contributed by atoms with E-state index in [0.717, 1.165) is 22.8 Å². The SMILES string of the molecule is Cl.Cl.[Cl][Os].[c-]1ncc[nH]1.c1ccc(-c2ccccn2)nc1.c1ccc(-c2ccccn2)nc1. The van der Waals surface area contributed by atoms with Gasteiger partial charge in [-0.15, -0.1) is 37.2 Å². The van der Waals surface area contributed by atoms with Crippen LogP contribution in [0.15, 0.2) is 110 Å². The molecule has 0 amide bonds. The molecule has 0 unspecified atom stereocenters. The van der Waals surface area contributed by atoms with Crippen LogP contribution >= 0.6 is 34.5 Å². The molecule has 5 aromatic heterocycles. The standard InChI is InChI=1S/2C10H8N2.C3H3N2.3ClH.Os/c2*1-3-7-11-9(5-1)10-6-2-4-8-12-10;1-2-5-3-4-1;;;;/h2*1-8H;1-2H,(H,4,5);3*1H;/q;;-1;;;;+1/p-1. The number of nitrogens with one attached hydrogen (secondary N) is 1. The van der Waals surface area contributed by atoms with Crippen molar-refractivity contribution in [3.8, 4) is 22.8 Å². The van der Waals surface area contributed by atoms with Crippen molar-refractivity contribution in [2.75, 3.05) is 0 Å². The van der Waals surface area contributed by atoms with Gasteiger partial charge in [-0.3, -0.25) is 19.9 Å². The quantitative estimate of drug-likeness (QED) is 0.231. The van der Waals surface area contributed by atoms with Crippen LogP contribution in [0.5, 0.6) is 0 Å². The van der Waals surface area contributed by atoms with E-state index in [1.54, 1.807) is 37.2 Å². The number of imidazole rings is 1. The molecule has 1 N–H and O–H groups in total. The van der Waals surface area contributed by atoms with Gasteiger partial charge in [0.15, 0.2) is 0 Å². The summed E-state index contributed by atoms with van der Waals surface area (Å²) in [5.41, 5.74) is 3.66. The topological polar surface area (TPSA) is 80.2 Å². The molecule has 0 bridgehead atoms. The predicted molar refractivity (Wildman–Crippen MR) is 133 cm³/mol. The maximum atomic E-state index is 4.67. The van der Waals surface area contributed by atoms with Gasteiger partial charge < -0.3 is 9.97 Å². The van der Waals surface area contributed by atoms with Gasteiger partial charge in [-0.25, -0.2) is 0 Å². The van der Waals surface area contributed by atoms with E-state index < -0.39 is 0 Å². The van der Waals surface area contributed by atoms with E-state index in [1.807, 2.05) is 72.8 Å². The Balaban J connectivity index is 0.000000464. The smallest absolute Gasteiger partial charge is 0.0886 e. The zero-order chi connectivity index (χ0) is 22.0. The number of H-pyrrole nitrogens is 1. The Morgan fingerprint density at radius 3 is 1.03 bits per heavy atom. The molecule has 33 heavy (non-hydrogen) atoms. The first-order valence-electron chi connectivity index (χ1n) is 9.07. The summed E-state index contributed by atoms with van der Waals surface area (Å²) in [5.74, 6) is 0. The van der Waals surface area contributed by atoms with E-state index in [1.165, 1.54) is 17.6 Å². The van der Waals surface area contributed by atoms with Crippen LogP contribution in [0.25, 0.3) is 22.8 Å². The second-order valence-electron chi connectivity index (χ2n) is 5.56. The first-order chi connectivity index (χ1) is 15.4. The van der Waals surface area contributed by atoms with Crippen LogP contribution in [0, 0.1) is 6.33 Å². The minimum absolute atomic E-state index is 0. The number of hydrogen-bond acceptors (Lipinski definition) is 5. The van der Waals surface area contributed by atoms with Gasteiger partial charge in [0, 0.05) is 24.8 Å². The molecule has 0 atom stereocenters. The van der Waals surface area contributed by atoms with Gasteiger partial charge in [0.25, 0.3) is 0 Å². The Morgan fingerprint density at radius 1 is 0.545 bits per heavy atom. The van der Waals surface area contributed by atoms with Crippen molar-refractivity contribution in [2.45, 2.75) is 0 Å². The van der Waals surface area contributed by atoms with Crippen LogP contribution < -0.4 is 0 Å². The minimum Gasteiger partial charge on any atom is -0.467 e. The first kappa shape index (κ1) is 30.3. The second kappa shape index (κ2) is 20.0. The number of aromatic nitrogens is 6. The summed E-state index contributed by atoms with van der Waals surface area (Å²) in [6, 6.07) is 23.2. The fourth-order valence-electron chi connectivity index (χ4n) is 2.24. The number of halogens is 3. The van der Waals surface area contributed by atoms with E-state index in [4.69, 9.17) is 0 Å². The number of rotatable bonds is 2. The van der Waals surface area contributed by atoms with Crippen molar-refractivity contribution in [1.82, 2.24) is 29.9 Å². The van der Waals surface area contributed by atoms with Gasteiger partial charge in [0.05, 0.1) is 22.8 Å². The fourth-order valence-corrected chi connectivity index (χ4v) is 2.24. The number of aromatic amines is 1. The van der Waals surface area contributed by atoms with Crippen LogP contribution in [0.2, 0.25) is 0 Å². The molecule has 0 saturated heterocycles. The average molecular weight is 678 g/mol. The summed E-state index contributed by atoms with van der Waals surface area (Å²) in [5, 5.41) is 0. The molecule has 5 aromatic rings. The summed E-state index contributed by atoms with van der Waals surface area (Å²) in [7, 11) is 4.67. The molecular weight excluding hydrogens is 657 g/mol. The molecule has 173 valence electrons. The number of pyridine rings is 4. The second-order valence-corrected chi connectivity index (χ2v) is 5.56. The molecule has 0 saturated carbocycles. The van der Waals surface area contributed by atoms with E-state index in [0.29, 0.717) is 0 Å². The Hall–Kier alpha value is -2.68. The summed E-state index contributed by atoms with van der Waals surface area (Å²) in [6.07, 6.45) is 12.9. The van der Waals surface area contributed by atoms with E-state index in [9.17, 15) is 0 Å². The van der Waals surface area contributed by atoms with Crippen molar-refractivity contribution < 1.29 is 17.6 Å². The van der Waals surface area contributed by atoms with Crippen LogP contribution in [0.4, 0.5) is 0 Å². The van der Waals surface area contributed by atoms with Crippen molar-refractivity contribution >= 4 is 34.5 Å². The molecule has 0 aliphatic carbocycles. The first-order valence-corrected chi connectivity index (χ1v) is 12.2. The Morgan fingerprint density at radius 2 is 0.879 bits per heavy atom. The summed E-state index contributed by atoms with van der Waals surface area (Å²) in [6.45, 7) is 0. The Labute approximate surface area is 220 Å². The van der Waals surface area contributed by atoms with Crippen LogP contribution in [0.3, 0.4) is 0 Å². The molecule has 5 rings (SSSR count). The number of hydrogen-bond donors (Lipinski definition) is 1. The molecule has 0 spiro atoms. The van der Waals surface area contributed by atoms with E-state index in [2.05, 4.69) is 45.9 Å². The number of nitrogens with zero attached hydrogens (tertiary/aromatic N) is 5. The minimum atomic E-state index is 0. The predicted octanol–water partition coefficient (Wildman–Crippen LogP) is 6.03. The summed E-state index contributed by atoms with van der Waals surface area (Å²) in [4.78, 5) is 22.9. The average Bonchev–Trinajstić information content (AvgIpc) is 3.48. The van der Waals surface area contributed by atoms with E-state index in [-0.39, 0.29) is 24.8 Å². The molecule has 10 heteroatoms. The van der Waals surface area contributed by atoms with Gasteiger partial charge in [-0.05, 0) is 54.9 Å². The van der Waals surface area contributed by atoms with Crippen LogP contribution in [-0.4, -0.2) is 29.9 Å². The third-order valence-electron chi connectivity index (χ3n) is 3.55. The maximum Gasteiger partial charge on any atom is 0.0886 e. The van der Waals surface area contributed by atoms with Crippen molar-refractivity contribution in [3.05, 3.63) is 116 Å². The van der Waals surface area contributed by atoms with Crippen molar-refractivity contribution in [2.24, 2.45) is 0 Å². The van der Waals surface area contributed by atoms with Crippen LogP contribution in [0.1, 0.15) is 0 Å². The van der Waals surface area contributed by atoms with Gasteiger partial charge in [-0.2, -0.15) is 0 Å². The van der Waals surface area contributed by atoms with Gasteiger partial charge in [0.2, 0.25) is 0 Å². The normalized spacial score (nSPS) is 8.42. The third kappa shape index (κ3) is 12.2. The van der Waals surface area contributed by atoms with Gasteiger partial charge >= 0.3 is 27.2 Å². The molecule has 0 fully saturated rings.